The molecular weight excluding hydrogens is 228 g/mol. The molecule has 0 aliphatic heterocycles. The predicted octanol–water partition coefficient (Wildman–Crippen LogP) is 2.06. The summed E-state index contributed by atoms with van der Waals surface area (Å²) in [5.74, 6) is -0.425. The maximum atomic E-state index is 10.7. The van der Waals surface area contributed by atoms with Crippen LogP contribution in [0.1, 0.15) is 16.1 Å². The van der Waals surface area contributed by atoms with Crippen LogP contribution in [0.25, 0.3) is 0 Å². The van der Waals surface area contributed by atoms with Gasteiger partial charge in [0.25, 0.3) is 5.22 Å². The minimum absolute atomic E-state index is 0.0468. The van der Waals surface area contributed by atoms with Gasteiger partial charge in [-0.15, -0.1) is 0 Å². The molecule has 2 heterocycles. The Labute approximate surface area is 95.5 Å². The smallest absolute Gasteiger partial charge is 0.354 e. The van der Waals surface area contributed by atoms with Crippen molar-refractivity contribution < 1.29 is 14.3 Å². The molecule has 0 amide bonds. The number of aromatic carboxylic acids is 1. The molecule has 82 valence electrons. The minimum atomic E-state index is -1.03. The Morgan fingerprint density at radius 3 is 3.00 bits per heavy atom. The van der Waals surface area contributed by atoms with Gasteiger partial charge in [0.05, 0.1) is 6.20 Å². The zero-order chi connectivity index (χ0) is 11.4. The van der Waals surface area contributed by atoms with Crippen LogP contribution in [0.5, 0.6) is 0 Å². The Kier molecular flexibility index (Phi) is 3.21. The molecule has 0 aromatic carbocycles. The summed E-state index contributed by atoms with van der Waals surface area (Å²) in [5, 5.41) is 9.32. The summed E-state index contributed by atoms with van der Waals surface area (Å²) in [6.45, 7) is 0. The number of nitrogens with zero attached hydrogens (tertiary/aromatic N) is 2. The van der Waals surface area contributed by atoms with Crippen LogP contribution in [-0.2, 0) is 5.75 Å². The van der Waals surface area contributed by atoms with Gasteiger partial charge in [0, 0.05) is 11.9 Å². The summed E-state index contributed by atoms with van der Waals surface area (Å²) in [5.41, 5.74) is 0.918. The van der Waals surface area contributed by atoms with Gasteiger partial charge in [-0.25, -0.2) is 14.8 Å². The second kappa shape index (κ2) is 4.80. The quantitative estimate of drug-likeness (QED) is 0.819. The number of oxazole rings is 1. The Bertz CT molecular complexity index is 485. The molecule has 0 bridgehead atoms. The summed E-state index contributed by atoms with van der Waals surface area (Å²) in [4.78, 5) is 18.4. The van der Waals surface area contributed by atoms with Gasteiger partial charge in [0.1, 0.15) is 12.0 Å². The van der Waals surface area contributed by atoms with Crippen molar-refractivity contribution >= 4 is 17.7 Å². The van der Waals surface area contributed by atoms with Crippen molar-refractivity contribution in [2.24, 2.45) is 0 Å². The first kappa shape index (κ1) is 10.7. The molecule has 0 unspecified atom stereocenters. The molecular formula is C10H8N2O3S. The van der Waals surface area contributed by atoms with Gasteiger partial charge in [0.2, 0.25) is 0 Å². The standard InChI is InChI=1S/C10H8N2O3S/c13-9(14)8-5-7(1-2-11-8)6-16-10-12-3-4-15-10/h1-5H,6H2,(H,13,14). The Morgan fingerprint density at radius 1 is 1.44 bits per heavy atom. The maximum Gasteiger partial charge on any atom is 0.354 e. The molecule has 0 saturated carbocycles. The monoisotopic (exact) mass is 236 g/mol. The fraction of sp³-hybridized carbons (Fsp3) is 0.100. The van der Waals surface area contributed by atoms with Gasteiger partial charge < -0.3 is 9.52 Å². The van der Waals surface area contributed by atoms with E-state index in [1.165, 1.54) is 30.3 Å². The third-order valence-corrected chi connectivity index (χ3v) is 2.74. The van der Waals surface area contributed by atoms with Gasteiger partial charge in [-0.2, -0.15) is 0 Å². The first-order chi connectivity index (χ1) is 7.75. The zero-order valence-corrected chi connectivity index (χ0v) is 8.98. The van der Waals surface area contributed by atoms with E-state index >= 15 is 0 Å². The normalized spacial score (nSPS) is 10.2. The lowest BCUT2D eigenvalue weighted by Gasteiger charge is -1.99. The van der Waals surface area contributed by atoms with Crippen LogP contribution in [0.15, 0.2) is 40.4 Å². The molecule has 6 heteroatoms. The Hall–Kier alpha value is -1.82. The highest BCUT2D eigenvalue weighted by Gasteiger charge is 2.06. The van der Waals surface area contributed by atoms with Crippen molar-refractivity contribution in [3.8, 4) is 0 Å². The van der Waals surface area contributed by atoms with E-state index in [1.54, 1.807) is 12.3 Å². The van der Waals surface area contributed by atoms with E-state index in [2.05, 4.69) is 9.97 Å². The average Bonchev–Trinajstić information content (AvgIpc) is 2.79. The lowest BCUT2D eigenvalue weighted by atomic mass is 10.2. The van der Waals surface area contributed by atoms with E-state index in [4.69, 9.17) is 9.52 Å². The van der Waals surface area contributed by atoms with Crippen LogP contribution in [-0.4, -0.2) is 21.0 Å². The van der Waals surface area contributed by atoms with Crippen LogP contribution in [0.3, 0.4) is 0 Å². The first-order valence-corrected chi connectivity index (χ1v) is 5.45. The molecule has 0 atom stereocenters. The first-order valence-electron chi connectivity index (χ1n) is 4.46. The van der Waals surface area contributed by atoms with Gasteiger partial charge in [-0.05, 0) is 17.7 Å². The number of thioether (sulfide) groups is 1. The molecule has 5 nitrogen and oxygen atoms in total. The van der Waals surface area contributed by atoms with Crippen LogP contribution < -0.4 is 0 Å². The highest BCUT2D eigenvalue weighted by atomic mass is 32.2. The van der Waals surface area contributed by atoms with Gasteiger partial charge in [-0.1, -0.05) is 11.8 Å². The number of rotatable bonds is 4. The number of hydrogen-bond donors (Lipinski definition) is 1. The molecule has 1 N–H and O–H groups in total. The van der Waals surface area contributed by atoms with Gasteiger partial charge in [0.15, 0.2) is 0 Å². The second-order valence-corrected chi connectivity index (χ2v) is 3.87. The second-order valence-electron chi connectivity index (χ2n) is 2.94. The molecule has 0 fully saturated rings. The van der Waals surface area contributed by atoms with Crippen molar-refractivity contribution in [1.29, 1.82) is 0 Å². The third-order valence-electron chi connectivity index (χ3n) is 1.82. The van der Waals surface area contributed by atoms with Crippen LogP contribution in [0.4, 0.5) is 0 Å². The topological polar surface area (TPSA) is 76.2 Å². The average molecular weight is 236 g/mol. The summed E-state index contributed by atoms with van der Waals surface area (Å²) in [6.07, 6.45) is 4.55. The summed E-state index contributed by atoms with van der Waals surface area (Å²) < 4.78 is 5.05. The molecule has 16 heavy (non-hydrogen) atoms. The molecule has 0 aliphatic carbocycles. The van der Waals surface area contributed by atoms with Crippen molar-refractivity contribution in [2.75, 3.05) is 0 Å². The van der Waals surface area contributed by atoms with E-state index in [1.807, 2.05) is 0 Å². The molecule has 2 aromatic heterocycles. The highest BCUT2D eigenvalue weighted by molar-refractivity contribution is 7.98. The van der Waals surface area contributed by atoms with Crippen molar-refractivity contribution in [3.63, 3.8) is 0 Å². The maximum absolute atomic E-state index is 10.7. The Morgan fingerprint density at radius 2 is 2.31 bits per heavy atom. The summed E-state index contributed by atoms with van der Waals surface area (Å²) >= 11 is 1.40. The van der Waals surface area contributed by atoms with E-state index in [0.717, 1.165) is 5.56 Å². The summed E-state index contributed by atoms with van der Waals surface area (Å²) in [6, 6.07) is 3.31. The number of carboxylic acid groups (broad SMARTS) is 1. The molecule has 0 radical (unpaired) electrons. The molecule has 0 spiro atoms. The van der Waals surface area contributed by atoms with Crippen LogP contribution in [0, 0.1) is 0 Å². The number of pyridine rings is 1. The third kappa shape index (κ3) is 2.60. The van der Waals surface area contributed by atoms with E-state index in [-0.39, 0.29) is 5.69 Å². The number of carbonyl (C=O) groups is 1. The molecule has 0 saturated heterocycles. The van der Waals surface area contributed by atoms with Crippen molar-refractivity contribution in [3.05, 3.63) is 42.0 Å². The predicted molar refractivity (Wildman–Crippen MR) is 57.3 cm³/mol. The Balaban J connectivity index is 2.04. The number of aromatic nitrogens is 2. The van der Waals surface area contributed by atoms with E-state index in [0.29, 0.717) is 11.0 Å². The van der Waals surface area contributed by atoms with E-state index < -0.39 is 5.97 Å². The lowest BCUT2D eigenvalue weighted by Crippen LogP contribution is -2.00. The fourth-order valence-corrected chi connectivity index (χ4v) is 1.84. The molecule has 2 aromatic rings. The van der Waals surface area contributed by atoms with Crippen molar-refractivity contribution in [2.45, 2.75) is 11.0 Å². The van der Waals surface area contributed by atoms with Gasteiger partial charge >= 0.3 is 5.97 Å². The zero-order valence-electron chi connectivity index (χ0n) is 8.16. The number of hydrogen-bond acceptors (Lipinski definition) is 5. The molecule has 0 aliphatic rings. The highest BCUT2D eigenvalue weighted by Crippen LogP contribution is 2.20. The minimum Gasteiger partial charge on any atom is -0.477 e. The molecule has 2 rings (SSSR count). The van der Waals surface area contributed by atoms with E-state index in [9.17, 15) is 4.79 Å². The van der Waals surface area contributed by atoms with Gasteiger partial charge in [-0.3, -0.25) is 0 Å². The summed E-state index contributed by atoms with van der Waals surface area (Å²) in [7, 11) is 0. The fourth-order valence-electron chi connectivity index (χ4n) is 1.11. The van der Waals surface area contributed by atoms with Crippen LogP contribution in [0.2, 0.25) is 0 Å². The SMILES string of the molecule is O=C(O)c1cc(CSc2ncco2)ccn1. The largest absolute Gasteiger partial charge is 0.477 e. The number of carboxylic acids is 1. The van der Waals surface area contributed by atoms with Crippen LogP contribution >= 0.6 is 11.8 Å². The lowest BCUT2D eigenvalue weighted by molar-refractivity contribution is 0.0690. The van der Waals surface area contributed by atoms with Crippen molar-refractivity contribution in [1.82, 2.24) is 9.97 Å².